The van der Waals surface area contributed by atoms with Gasteiger partial charge in [0, 0.05) is 21.2 Å². The average molecular weight is 452 g/mol. The van der Waals surface area contributed by atoms with Crippen LogP contribution in [0, 0.1) is 0 Å². The molecule has 1 aromatic heterocycles. The highest BCUT2D eigenvalue weighted by atomic mass is 35.5. The topological polar surface area (TPSA) is 58.4 Å². The monoisotopic (exact) mass is 451 g/mol. The summed E-state index contributed by atoms with van der Waals surface area (Å²) in [6, 6.07) is 13.2. The van der Waals surface area contributed by atoms with Crippen LogP contribution in [0.25, 0.3) is 0 Å². The van der Waals surface area contributed by atoms with Gasteiger partial charge in [0.2, 0.25) is 5.79 Å². The zero-order valence-corrected chi connectivity index (χ0v) is 18.0. The van der Waals surface area contributed by atoms with Crippen molar-refractivity contribution in [3.63, 3.8) is 0 Å². The number of nitrogens with zero attached hydrogens (tertiary/aromatic N) is 3. The van der Waals surface area contributed by atoms with E-state index in [1.54, 1.807) is 42.0 Å². The first-order chi connectivity index (χ1) is 14.1. The number of aromatic nitrogens is 3. The van der Waals surface area contributed by atoms with E-state index >= 15 is 0 Å². The van der Waals surface area contributed by atoms with Gasteiger partial charge < -0.3 is 14.2 Å². The van der Waals surface area contributed by atoms with Crippen LogP contribution in [0.4, 0.5) is 0 Å². The summed E-state index contributed by atoms with van der Waals surface area (Å²) in [5.41, 5.74) is 0.719. The van der Waals surface area contributed by atoms with E-state index in [1.165, 1.54) is 6.33 Å². The van der Waals surface area contributed by atoms with Crippen molar-refractivity contribution in [2.75, 3.05) is 19.5 Å². The minimum Gasteiger partial charge on any atom is -0.497 e. The van der Waals surface area contributed by atoms with E-state index in [0.717, 1.165) is 22.0 Å². The van der Waals surface area contributed by atoms with Crippen molar-refractivity contribution in [3.8, 4) is 5.75 Å². The molecule has 0 spiro atoms. The number of benzene rings is 2. The van der Waals surface area contributed by atoms with Gasteiger partial charge in [-0.3, -0.25) is 0 Å². The maximum absolute atomic E-state index is 6.48. The summed E-state index contributed by atoms with van der Waals surface area (Å²) in [7, 11) is 1.66. The van der Waals surface area contributed by atoms with Gasteiger partial charge in [0.1, 0.15) is 24.9 Å². The molecule has 4 rings (SSSR count). The molecule has 1 fully saturated rings. The average Bonchev–Trinajstić information content (AvgIpc) is 3.37. The molecule has 9 heteroatoms. The third kappa shape index (κ3) is 4.70. The maximum Gasteiger partial charge on any atom is 0.217 e. The van der Waals surface area contributed by atoms with E-state index < -0.39 is 5.79 Å². The predicted molar refractivity (Wildman–Crippen MR) is 113 cm³/mol. The van der Waals surface area contributed by atoms with Crippen LogP contribution in [0.3, 0.4) is 0 Å². The molecule has 0 unspecified atom stereocenters. The molecule has 0 radical (unpaired) electrons. The molecule has 2 aromatic carbocycles. The van der Waals surface area contributed by atoms with Gasteiger partial charge in [-0.25, -0.2) is 9.67 Å². The van der Waals surface area contributed by atoms with Crippen LogP contribution in [0.5, 0.6) is 5.75 Å². The van der Waals surface area contributed by atoms with Crippen molar-refractivity contribution in [3.05, 3.63) is 70.7 Å². The number of halogens is 2. The Labute approximate surface area is 183 Å². The second-order valence-corrected chi connectivity index (χ2v) is 8.44. The lowest BCUT2D eigenvalue weighted by Crippen LogP contribution is -2.34. The SMILES string of the molecule is COc1ccc(SC[C@@H]2CO[C@@](Cn3cncn3)(c3ccc(Cl)cc3Cl)O2)cc1. The van der Waals surface area contributed by atoms with Crippen LogP contribution in [-0.4, -0.2) is 40.3 Å². The van der Waals surface area contributed by atoms with Crippen molar-refractivity contribution in [2.45, 2.75) is 23.3 Å². The molecule has 1 aliphatic heterocycles. The molecule has 0 bridgehead atoms. The Balaban J connectivity index is 1.51. The zero-order valence-electron chi connectivity index (χ0n) is 15.6. The van der Waals surface area contributed by atoms with Gasteiger partial charge in [-0.1, -0.05) is 29.3 Å². The predicted octanol–water partition coefficient (Wildman–Crippen LogP) is 4.65. The van der Waals surface area contributed by atoms with E-state index in [9.17, 15) is 0 Å². The molecule has 2 atom stereocenters. The molecule has 1 saturated heterocycles. The molecular formula is C20H19Cl2N3O3S. The first-order valence-corrected chi connectivity index (χ1v) is 10.7. The van der Waals surface area contributed by atoms with E-state index in [2.05, 4.69) is 10.1 Å². The summed E-state index contributed by atoms with van der Waals surface area (Å²) in [6.07, 6.45) is 2.98. The Morgan fingerprint density at radius 2 is 2.07 bits per heavy atom. The first-order valence-electron chi connectivity index (χ1n) is 8.94. The minimum atomic E-state index is -1.06. The number of ether oxygens (including phenoxy) is 3. The van der Waals surface area contributed by atoms with Gasteiger partial charge in [0.05, 0.1) is 24.8 Å². The summed E-state index contributed by atoms with van der Waals surface area (Å²) in [5, 5.41) is 5.23. The van der Waals surface area contributed by atoms with Gasteiger partial charge >= 0.3 is 0 Å². The van der Waals surface area contributed by atoms with E-state index in [1.807, 2.05) is 30.3 Å². The Kier molecular flexibility index (Phi) is 6.32. The quantitative estimate of drug-likeness (QED) is 0.487. The summed E-state index contributed by atoms with van der Waals surface area (Å²) in [4.78, 5) is 5.14. The fraction of sp³-hybridized carbons (Fsp3) is 0.300. The summed E-state index contributed by atoms with van der Waals surface area (Å²) >= 11 is 14.3. The van der Waals surface area contributed by atoms with Crippen molar-refractivity contribution in [1.82, 2.24) is 14.8 Å². The van der Waals surface area contributed by atoms with Crippen LogP contribution in [0.15, 0.2) is 60.0 Å². The van der Waals surface area contributed by atoms with Gasteiger partial charge in [0.25, 0.3) is 0 Å². The molecule has 1 aliphatic rings. The van der Waals surface area contributed by atoms with Crippen LogP contribution < -0.4 is 4.74 Å². The lowest BCUT2D eigenvalue weighted by atomic mass is 10.1. The fourth-order valence-electron chi connectivity index (χ4n) is 3.14. The van der Waals surface area contributed by atoms with Crippen molar-refractivity contribution in [2.24, 2.45) is 0 Å². The Morgan fingerprint density at radius 1 is 1.24 bits per heavy atom. The van der Waals surface area contributed by atoms with Gasteiger partial charge in [-0.05, 0) is 36.4 Å². The van der Waals surface area contributed by atoms with Crippen LogP contribution in [-0.2, 0) is 21.8 Å². The van der Waals surface area contributed by atoms with Crippen molar-refractivity contribution >= 4 is 35.0 Å². The largest absolute Gasteiger partial charge is 0.497 e. The molecule has 6 nitrogen and oxygen atoms in total. The minimum absolute atomic E-state index is 0.114. The molecule has 0 N–H and O–H groups in total. The van der Waals surface area contributed by atoms with E-state index in [0.29, 0.717) is 23.2 Å². The number of hydrogen-bond donors (Lipinski definition) is 0. The molecular weight excluding hydrogens is 433 g/mol. The highest BCUT2D eigenvalue weighted by Gasteiger charge is 2.45. The zero-order chi connectivity index (χ0) is 20.3. The number of hydrogen-bond acceptors (Lipinski definition) is 6. The van der Waals surface area contributed by atoms with Crippen LogP contribution in [0.1, 0.15) is 5.56 Å². The molecule has 0 aliphatic carbocycles. The number of methoxy groups -OCH3 is 1. The first kappa shape index (κ1) is 20.5. The normalized spacial score (nSPS) is 21.4. The summed E-state index contributed by atoms with van der Waals surface area (Å²) < 4.78 is 19.5. The smallest absolute Gasteiger partial charge is 0.217 e. The van der Waals surface area contributed by atoms with Gasteiger partial charge in [-0.2, -0.15) is 5.10 Å². The number of thioether (sulfide) groups is 1. The maximum atomic E-state index is 6.48. The standard InChI is InChI=1S/C20H19Cl2N3O3S/c1-26-15-3-5-17(6-4-15)29-10-16-9-27-20(28-16,11-25-13-23-12-24-25)18-7-2-14(21)8-19(18)22/h2-8,12-13,16H,9-11H2,1H3/t16-,20+/m0/s1. The second-order valence-electron chi connectivity index (χ2n) is 6.51. The third-order valence-electron chi connectivity index (χ3n) is 4.53. The molecule has 0 amide bonds. The molecule has 152 valence electrons. The Bertz CT molecular complexity index is 956. The molecule has 0 saturated carbocycles. The van der Waals surface area contributed by atoms with Crippen LogP contribution >= 0.6 is 35.0 Å². The van der Waals surface area contributed by atoms with Crippen molar-refractivity contribution < 1.29 is 14.2 Å². The lowest BCUT2D eigenvalue weighted by molar-refractivity contribution is -0.186. The Hall–Kier alpha value is -1.77. The van der Waals surface area contributed by atoms with Crippen LogP contribution in [0.2, 0.25) is 10.0 Å². The lowest BCUT2D eigenvalue weighted by Gasteiger charge is -2.29. The summed E-state index contributed by atoms with van der Waals surface area (Å²) in [6.45, 7) is 0.773. The Morgan fingerprint density at radius 3 is 2.76 bits per heavy atom. The summed E-state index contributed by atoms with van der Waals surface area (Å²) in [5.74, 6) is 0.510. The van der Waals surface area contributed by atoms with E-state index in [4.69, 9.17) is 37.4 Å². The van der Waals surface area contributed by atoms with Crippen molar-refractivity contribution in [1.29, 1.82) is 0 Å². The highest BCUT2D eigenvalue weighted by Crippen LogP contribution is 2.41. The van der Waals surface area contributed by atoms with E-state index in [-0.39, 0.29) is 6.10 Å². The molecule has 2 heterocycles. The highest BCUT2D eigenvalue weighted by molar-refractivity contribution is 7.99. The van der Waals surface area contributed by atoms with Gasteiger partial charge in [0.15, 0.2) is 0 Å². The number of rotatable bonds is 7. The fourth-order valence-corrected chi connectivity index (χ4v) is 4.57. The molecule has 3 aromatic rings. The molecule has 29 heavy (non-hydrogen) atoms. The van der Waals surface area contributed by atoms with Gasteiger partial charge in [-0.15, -0.1) is 11.8 Å². The third-order valence-corrected chi connectivity index (χ3v) is 6.22. The second kappa shape index (κ2) is 8.93.